The molecule has 1 atom stereocenters. The molecule has 1 amide bonds. The molecule has 10 heteroatoms. The first-order valence-electron chi connectivity index (χ1n) is 9.10. The van der Waals surface area contributed by atoms with Crippen molar-refractivity contribution in [2.24, 2.45) is 0 Å². The zero-order chi connectivity index (χ0) is 22.0. The number of rotatable bonds is 5. The van der Waals surface area contributed by atoms with Crippen molar-refractivity contribution in [3.63, 3.8) is 0 Å². The molecule has 1 unspecified atom stereocenters. The number of nitrogens with zero attached hydrogens (tertiary/aromatic N) is 4. The molecule has 0 aliphatic heterocycles. The van der Waals surface area contributed by atoms with Crippen LogP contribution in [0.3, 0.4) is 0 Å². The second-order valence-electron chi connectivity index (χ2n) is 6.62. The predicted octanol–water partition coefficient (Wildman–Crippen LogP) is 3.54. The molecule has 1 N–H and O–H groups in total. The van der Waals surface area contributed by atoms with Crippen LogP contribution in [0.4, 0.5) is 14.6 Å². The number of pyridine rings is 2. The highest BCUT2D eigenvalue weighted by molar-refractivity contribution is 6.30. The van der Waals surface area contributed by atoms with Crippen molar-refractivity contribution in [2.75, 3.05) is 5.32 Å². The van der Waals surface area contributed by atoms with Crippen molar-refractivity contribution < 1.29 is 13.6 Å². The lowest BCUT2D eigenvalue weighted by molar-refractivity contribution is -0.119. The molecule has 1 aromatic carbocycles. The van der Waals surface area contributed by atoms with E-state index in [1.807, 2.05) is 0 Å². The van der Waals surface area contributed by atoms with Crippen molar-refractivity contribution in [1.29, 1.82) is 0 Å². The molecular weight excluding hydrogens is 428 g/mol. The normalized spacial score (nSPS) is 12.0. The zero-order valence-corrected chi connectivity index (χ0v) is 16.6. The van der Waals surface area contributed by atoms with E-state index in [2.05, 4.69) is 20.3 Å². The Morgan fingerprint density at radius 3 is 2.71 bits per heavy atom. The highest BCUT2D eigenvalue weighted by Crippen LogP contribution is 2.18. The van der Waals surface area contributed by atoms with Gasteiger partial charge in [0.15, 0.2) is 0 Å². The number of carbonyl (C=O) groups excluding carboxylic acids is 1. The van der Waals surface area contributed by atoms with Crippen LogP contribution in [0, 0.1) is 11.6 Å². The first-order chi connectivity index (χ1) is 14.9. The third-order valence-corrected chi connectivity index (χ3v) is 4.81. The monoisotopic (exact) mass is 441 g/mol. The Morgan fingerprint density at radius 2 is 1.97 bits per heavy atom. The number of hydrogen-bond donors (Lipinski definition) is 1. The van der Waals surface area contributed by atoms with Crippen LogP contribution in [-0.2, 0) is 11.2 Å². The van der Waals surface area contributed by atoms with Crippen LogP contribution in [0.25, 0.3) is 10.9 Å². The fourth-order valence-corrected chi connectivity index (χ4v) is 3.17. The van der Waals surface area contributed by atoms with Crippen LogP contribution in [0.15, 0.2) is 66.0 Å². The summed E-state index contributed by atoms with van der Waals surface area (Å²) >= 11 is 5.81. The summed E-state index contributed by atoms with van der Waals surface area (Å²) < 4.78 is 29.0. The van der Waals surface area contributed by atoms with E-state index in [9.17, 15) is 18.4 Å². The third-order valence-electron chi connectivity index (χ3n) is 4.58. The van der Waals surface area contributed by atoms with E-state index < -0.39 is 29.1 Å². The minimum Gasteiger partial charge on any atom is -0.309 e. The van der Waals surface area contributed by atoms with Crippen LogP contribution in [0.5, 0.6) is 0 Å². The molecule has 0 spiro atoms. The summed E-state index contributed by atoms with van der Waals surface area (Å²) in [5.74, 6) is -1.71. The third kappa shape index (κ3) is 4.41. The maximum atomic E-state index is 14.2. The zero-order valence-electron chi connectivity index (χ0n) is 15.8. The molecule has 0 aliphatic carbocycles. The molecule has 31 heavy (non-hydrogen) atoms. The average Bonchev–Trinajstić information content (AvgIpc) is 2.76. The second kappa shape index (κ2) is 8.57. The van der Waals surface area contributed by atoms with Gasteiger partial charge in [0.25, 0.3) is 5.56 Å². The number of carbonyl (C=O) groups is 1. The van der Waals surface area contributed by atoms with E-state index in [1.54, 1.807) is 0 Å². The van der Waals surface area contributed by atoms with Crippen LogP contribution in [0.1, 0.15) is 11.7 Å². The summed E-state index contributed by atoms with van der Waals surface area (Å²) in [5.41, 5.74) is -0.395. The molecule has 3 aromatic heterocycles. The lowest BCUT2D eigenvalue weighted by Crippen LogP contribution is -2.35. The fourth-order valence-electron chi connectivity index (χ4n) is 3.06. The van der Waals surface area contributed by atoms with Gasteiger partial charge in [-0.05, 0) is 42.5 Å². The summed E-state index contributed by atoms with van der Waals surface area (Å²) in [5, 5.41) is 2.94. The largest absolute Gasteiger partial charge is 0.309 e. The first kappa shape index (κ1) is 20.5. The quantitative estimate of drug-likeness (QED) is 0.511. The Hall–Kier alpha value is -3.72. The van der Waals surface area contributed by atoms with Gasteiger partial charge in [0.2, 0.25) is 5.91 Å². The minimum absolute atomic E-state index is 0.00795. The van der Waals surface area contributed by atoms with Crippen molar-refractivity contribution in [3.05, 3.63) is 93.9 Å². The number of aromatic nitrogens is 4. The van der Waals surface area contributed by atoms with E-state index >= 15 is 0 Å². The van der Waals surface area contributed by atoms with Gasteiger partial charge >= 0.3 is 0 Å². The van der Waals surface area contributed by atoms with E-state index in [1.165, 1.54) is 55.1 Å². The molecule has 4 aromatic rings. The maximum absolute atomic E-state index is 14.2. The van der Waals surface area contributed by atoms with Gasteiger partial charge in [-0.15, -0.1) is 0 Å². The number of nitrogens with one attached hydrogen (secondary N) is 1. The molecule has 0 saturated carbocycles. The van der Waals surface area contributed by atoms with Crippen molar-refractivity contribution in [1.82, 2.24) is 19.5 Å². The molecule has 0 saturated heterocycles. The Kier molecular flexibility index (Phi) is 5.68. The van der Waals surface area contributed by atoms with E-state index in [-0.39, 0.29) is 28.8 Å². The van der Waals surface area contributed by atoms with E-state index in [0.29, 0.717) is 5.02 Å². The Morgan fingerprint density at radius 1 is 1.13 bits per heavy atom. The summed E-state index contributed by atoms with van der Waals surface area (Å²) in [7, 11) is 0. The van der Waals surface area contributed by atoms with Crippen molar-refractivity contribution in [3.8, 4) is 0 Å². The number of hydrogen-bond acceptors (Lipinski definition) is 5. The Bertz CT molecular complexity index is 1330. The smallest absolute Gasteiger partial charge is 0.262 e. The Balaban J connectivity index is 1.78. The highest BCUT2D eigenvalue weighted by atomic mass is 35.5. The summed E-state index contributed by atoms with van der Waals surface area (Å²) in [6, 6.07) is 7.99. The number of benzene rings is 1. The molecule has 3 heterocycles. The lowest BCUT2D eigenvalue weighted by atomic mass is 10.1. The minimum atomic E-state index is -1.23. The number of halogens is 3. The predicted molar refractivity (Wildman–Crippen MR) is 111 cm³/mol. The summed E-state index contributed by atoms with van der Waals surface area (Å²) in [4.78, 5) is 38.2. The molecule has 7 nitrogen and oxygen atoms in total. The van der Waals surface area contributed by atoms with Crippen LogP contribution < -0.4 is 10.9 Å². The van der Waals surface area contributed by atoms with Gasteiger partial charge in [-0.2, -0.15) is 0 Å². The SMILES string of the molecule is O=C(Nc1ccc(Cl)cn1)C(Cc1ncccc1F)n1cnc2ccc(F)cc2c1=O. The molecule has 0 radical (unpaired) electrons. The second-order valence-corrected chi connectivity index (χ2v) is 7.06. The van der Waals surface area contributed by atoms with E-state index in [0.717, 1.165) is 10.6 Å². The van der Waals surface area contributed by atoms with Crippen LogP contribution in [0.2, 0.25) is 5.02 Å². The Labute approximate surface area is 179 Å². The van der Waals surface area contributed by atoms with Gasteiger partial charge in [0.05, 0.1) is 27.9 Å². The van der Waals surface area contributed by atoms with Gasteiger partial charge in [-0.3, -0.25) is 19.1 Å². The average molecular weight is 442 g/mol. The molecular formula is C21H14ClF2N5O2. The van der Waals surface area contributed by atoms with Gasteiger partial charge in [-0.1, -0.05) is 11.6 Å². The number of amides is 1. The van der Waals surface area contributed by atoms with Crippen LogP contribution >= 0.6 is 11.6 Å². The van der Waals surface area contributed by atoms with E-state index in [4.69, 9.17) is 11.6 Å². The standard InChI is InChI=1S/C21H14ClF2N5O2/c22-12-3-6-19(26-10-12)28-20(30)18(9-17-15(24)2-1-7-25-17)29-11-27-16-5-4-13(23)8-14(16)21(29)31/h1-8,10-11,18H,9H2,(H,26,28,30). The topological polar surface area (TPSA) is 89.8 Å². The number of fused-ring (bicyclic) bond motifs is 1. The molecule has 0 fully saturated rings. The first-order valence-corrected chi connectivity index (χ1v) is 9.48. The van der Waals surface area contributed by atoms with Gasteiger partial charge in [0, 0.05) is 18.8 Å². The maximum Gasteiger partial charge on any atom is 0.262 e. The summed E-state index contributed by atoms with van der Waals surface area (Å²) in [6.45, 7) is 0. The molecule has 4 rings (SSSR count). The molecule has 0 aliphatic rings. The lowest BCUT2D eigenvalue weighted by Gasteiger charge is -2.19. The molecule has 0 bridgehead atoms. The van der Waals surface area contributed by atoms with Gasteiger partial charge in [-0.25, -0.2) is 18.7 Å². The molecule has 156 valence electrons. The van der Waals surface area contributed by atoms with Crippen molar-refractivity contribution in [2.45, 2.75) is 12.5 Å². The fraction of sp³-hybridized carbons (Fsp3) is 0.0952. The highest BCUT2D eigenvalue weighted by Gasteiger charge is 2.25. The van der Waals surface area contributed by atoms with Crippen LogP contribution in [-0.4, -0.2) is 25.4 Å². The summed E-state index contributed by atoms with van der Waals surface area (Å²) in [6.07, 6.45) is 3.65. The van der Waals surface area contributed by atoms with Gasteiger partial charge < -0.3 is 5.32 Å². The number of anilines is 1. The van der Waals surface area contributed by atoms with Gasteiger partial charge in [0.1, 0.15) is 23.5 Å². The van der Waals surface area contributed by atoms with Crippen molar-refractivity contribution >= 4 is 34.2 Å².